The van der Waals surface area contributed by atoms with Crippen LogP contribution in [-0.4, -0.2) is 56.7 Å². The summed E-state index contributed by atoms with van der Waals surface area (Å²) in [5.74, 6) is 1.69. The number of carbonyl (C=O) groups excluding carboxylic acids is 1. The van der Waals surface area contributed by atoms with Crippen LogP contribution >= 0.6 is 0 Å². The molecule has 1 amide bonds. The molecular weight excluding hydrogens is 376 g/mol. The summed E-state index contributed by atoms with van der Waals surface area (Å²) in [5.41, 5.74) is 3.00. The Balaban J connectivity index is 1.41. The Morgan fingerprint density at radius 2 is 1.60 bits per heavy atom. The van der Waals surface area contributed by atoms with Crippen molar-refractivity contribution >= 4 is 11.7 Å². The van der Waals surface area contributed by atoms with Crippen molar-refractivity contribution in [3.63, 3.8) is 0 Å². The molecule has 0 spiro atoms. The predicted molar refractivity (Wildman–Crippen MR) is 117 cm³/mol. The van der Waals surface area contributed by atoms with E-state index in [4.69, 9.17) is 0 Å². The molecule has 1 aliphatic rings. The van der Waals surface area contributed by atoms with Crippen molar-refractivity contribution in [2.45, 2.75) is 33.1 Å². The summed E-state index contributed by atoms with van der Waals surface area (Å²) in [4.78, 5) is 25.8. The molecule has 30 heavy (non-hydrogen) atoms. The van der Waals surface area contributed by atoms with Gasteiger partial charge in [-0.05, 0) is 36.1 Å². The van der Waals surface area contributed by atoms with E-state index in [1.54, 1.807) is 11.0 Å². The van der Waals surface area contributed by atoms with E-state index in [2.05, 4.69) is 52.9 Å². The van der Waals surface area contributed by atoms with Gasteiger partial charge >= 0.3 is 0 Å². The SMILES string of the molecule is Cc1ccn(-c2cc(N3CCN(C(=O)c4ccc(C(C)(C)C)cc4)CC3)ncn2)n1. The smallest absolute Gasteiger partial charge is 0.253 e. The van der Waals surface area contributed by atoms with Gasteiger partial charge in [0.15, 0.2) is 5.82 Å². The van der Waals surface area contributed by atoms with E-state index >= 15 is 0 Å². The Morgan fingerprint density at radius 3 is 2.20 bits per heavy atom. The first-order chi connectivity index (χ1) is 14.3. The summed E-state index contributed by atoms with van der Waals surface area (Å²) < 4.78 is 1.75. The average molecular weight is 405 g/mol. The third-order valence-corrected chi connectivity index (χ3v) is 5.48. The molecule has 0 saturated carbocycles. The van der Waals surface area contributed by atoms with Crippen molar-refractivity contribution < 1.29 is 4.79 Å². The lowest BCUT2D eigenvalue weighted by Gasteiger charge is -2.35. The third-order valence-electron chi connectivity index (χ3n) is 5.48. The Kier molecular flexibility index (Phi) is 5.28. The molecule has 1 saturated heterocycles. The van der Waals surface area contributed by atoms with Gasteiger partial charge in [0.25, 0.3) is 5.91 Å². The van der Waals surface area contributed by atoms with Gasteiger partial charge in [-0.1, -0.05) is 32.9 Å². The van der Waals surface area contributed by atoms with Crippen LogP contribution in [0.25, 0.3) is 5.82 Å². The number of amides is 1. The van der Waals surface area contributed by atoms with Crippen molar-refractivity contribution in [1.82, 2.24) is 24.6 Å². The molecule has 2 aromatic heterocycles. The maximum Gasteiger partial charge on any atom is 0.253 e. The second kappa shape index (κ2) is 7.89. The number of piperazine rings is 1. The Morgan fingerprint density at radius 1 is 0.933 bits per heavy atom. The highest BCUT2D eigenvalue weighted by Crippen LogP contribution is 2.23. The molecule has 0 atom stereocenters. The van der Waals surface area contributed by atoms with Crippen LogP contribution in [0.2, 0.25) is 0 Å². The molecule has 1 aliphatic heterocycles. The van der Waals surface area contributed by atoms with Crippen LogP contribution in [0.15, 0.2) is 48.9 Å². The van der Waals surface area contributed by atoms with E-state index in [1.807, 2.05) is 42.3 Å². The molecule has 3 aromatic rings. The van der Waals surface area contributed by atoms with Crippen molar-refractivity contribution in [1.29, 1.82) is 0 Å². The van der Waals surface area contributed by atoms with Gasteiger partial charge in [0.2, 0.25) is 0 Å². The average Bonchev–Trinajstić information content (AvgIpc) is 3.19. The van der Waals surface area contributed by atoms with Gasteiger partial charge in [-0.2, -0.15) is 5.10 Å². The Bertz CT molecular complexity index is 1030. The van der Waals surface area contributed by atoms with Crippen LogP contribution in [0.4, 0.5) is 5.82 Å². The second-order valence-corrected chi connectivity index (χ2v) is 8.74. The fraction of sp³-hybridized carbons (Fsp3) is 0.391. The molecule has 0 unspecified atom stereocenters. The van der Waals surface area contributed by atoms with Gasteiger partial charge in [-0.25, -0.2) is 14.6 Å². The zero-order valence-corrected chi connectivity index (χ0v) is 18.0. The van der Waals surface area contributed by atoms with Gasteiger partial charge in [-0.15, -0.1) is 0 Å². The summed E-state index contributed by atoms with van der Waals surface area (Å²) in [5, 5.41) is 4.41. The molecule has 0 N–H and O–H groups in total. The third kappa shape index (κ3) is 4.20. The number of nitrogens with zero attached hydrogens (tertiary/aromatic N) is 6. The van der Waals surface area contributed by atoms with Crippen LogP contribution in [0.1, 0.15) is 42.4 Å². The molecule has 4 rings (SSSR count). The maximum absolute atomic E-state index is 12.9. The summed E-state index contributed by atoms with van der Waals surface area (Å²) in [6.45, 7) is 11.3. The molecule has 156 valence electrons. The first-order valence-electron chi connectivity index (χ1n) is 10.3. The number of aryl methyl sites for hydroxylation is 1. The van der Waals surface area contributed by atoms with E-state index < -0.39 is 0 Å². The molecule has 0 radical (unpaired) electrons. The van der Waals surface area contributed by atoms with E-state index in [-0.39, 0.29) is 11.3 Å². The highest BCUT2D eigenvalue weighted by atomic mass is 16.2. The molecule has 0 bridgehead atoms. The van der Waals surface area contributed by atoms with Gasteiger partial charge in [0, 0.05) is 44.0 Å². The quantitative estimate of drug-likeness (QED) is 0.670. The normalized spacial score (nSPS) is 14.8. The van der Waals surface area contributed by atoms with Crippen molar-refractivity contribution in [2.24, 2.45) is 0 Å². The number of rotatable bonds is 3. The zero-order valence-electron chi connectivity index (χ0n) is 18.0. The molecule has 7 heteroatoms. The van der Waals surface area contributed by atoms with E-state index in [9.17, 15) is 4.79 Å². The van der Waals surface area contributed by atoms with E-state index in [1.165, 1.54) is 5.56 Å². The van der Waals surface area contributed by atoms with E-state index in [0.29, 0.717) is 13.1 Å². The van der Waals surface area contributed by atoms with Gasteiger partial charge in [-0.3, -0.25) is 4.79 Å². The monoisotopic (exact) mass is 404 g/mol. The fourth-order valence-corrected chi connectivity index (χ4v) is 3.61. The fourth-order valence-electron chi connectivity index (χ4n) is 3.61. The topological polar surface area (TPSA) is 67.2 Å². The highest BCUT2D eigenvalue weighted by molar-refractivity contribution is 5.94. The number of carbonyl (C=O) groups is 1. The molecule has 1 aromatic carbocycles. The summed E-state index contributed by atoms with van der Waals surface area (Å²) in [7, 11) is 0. The van der Waals surface area contributed by atoms with Crippen LogP contribution in [0, 0.1) is 6.92 Å². The maximum atomic E-state index is 12.9. The predicted octanol–water partition coefficient (Wildman–Crippen LogP) is 3.23. The van der Waals surface area contributed by atoms with Gasteiger partial charge in [0.1, 0.15) is 12.1 Å². The number of hydrogen-bond donors (Lipinski definition) is 0. The lowest BCUT2D eigenvalue weighted by atomic mass is 9.86. The van der Waals surface area contributed by atoms with Gasteiger partial charge in [0.05, 0.1) is 5.69 Å². The minimum absolute atomic E-state index is 0.0818. The largest absolute Gasteiger partial charge is 0.353 e. The van der Waals surface area contributed by atoms with Crippen molar-refractivity contribution in [2.75, 3.05) is 31.1 Å². The summed E-state index contributed by atoms with van der Waals surface area (Å²) in [6.07, 6.45) is 3.46. The van der Waals surface area contributed by atoms with Crippen LogP contribution in [0.3, 0.4) is 0 Å². The second-order valence-electron chi connectivity index (χ2n) is 8.74. The summed E-state index contributed by atoms with van der Waals surface area (Å²) in [6, 6.07) is 11.9. The number of benzene rings is 1. The van der Waals surface area contributed by atoms with Gasteiger partial charge < -0.3 is 9.80 Å². The van der Waals surface area contributed by atoms with Crippen molar-refractivity contribution in [3.8, 4) is 5.82 Å². The lowest BCUT2D eigenvalue weighted by molar-refractivity contribution is 0.0746. The van der Waals surface area contributed by atoms with Crippen LogP contribution in [-0.2, 0) is 5.41 Å². The lowest BCUT2D eigenvalue weighted by Crippen LogP contribution is -2.49. The van der Waals surface area contributed by atoms with E-state index in [0.717, 1.165) is 36.0 Å². The molecule has 7 nitrogen and oxygen atoms in total. The standard InChI is InChI=1S/C23H28N6O/c1-17-9-10-29(26-17)21-15-20(24-16-25-21)27-11-13-28(14-12-27)22(30)18-5-7-19(8-6-18)23(2,3)4/h5-10,15-16H,11-14H2,1-4H3. The number of hydrogen-bond acceptors (Lipinski definition) is 5. The van der Waals surface area contributed by atoms with Crippen molar-refractivity contribution in [3.05, 3.63) is 65.7 Å². The van der Waals surface area contributed by atoms with Crippen LogP contribution in [0.5, 0.6) is 0 Å². The minimum atomic E-state index is 0.0818. The first-order valence-corrected chi connectivity index (χ1v) is 10.3. The van der Waals surface area contributed by atoms with Crippen LogP contribution < -0.4 is 4.90 Å². The summed E-state index contributed by atoms with van der Waals surface area (Å²) >= 11 is 0. The first kappa shape index (κ1) is 20.1. The highest BCUT2D eigenvalue weighted by Gasteiger charge is 2.24. The number of aromatic nitrogens is 4. The zero-order chi connectivity index (χ0) is 21.3. The molecule has 0 aliphatic carbocycles. The number of anilines is 1. The Hall–Kier alpha value is -3.22. The Labute approximate surface area is 177 Å². The minimum Gasteiger partial charge on any atom is -0.353 e. The molecule has 3 heterocycles. The molecule has 1 fully saturated rings. The molecular formula is C23H28N6O.